The fourth-order valence-corrected chi connectivity index (χ4v) is 7.62. The smallest absolute Gasteiger partial charge is 0.220 e. The maximum absolute atomic E-state index is 13.0. The maximum Gasteiger partial charge on any atom is 0.220 e. The summed E-state index contributed by atoms with van der Waals surface area (Å²) < 4.78 is 11.2. The van der Waals surface area contributed by atoms with Gasteiger partial charge in [0.15, 0.2) is 6.29 Å². The molecule has 0 aliphatic carbocycles. The Labute approximate surface area is 408 Å². The average Bonchev–Trinajstić information content (AvgIpc) is 3.33. The highest BCUT2D eigenvalue weighted by Crippen LogP contribution is 2.22. The van der Waals surface area contributed by atoms with Gasteiger partial charge in [-0.2, -0.15) is 0 Å². The van der Waals surface area contributed by atoms with Gasteiger partial charge in [-0.3, -0.25) is 4.79 Å². The zero-order valence-electron chi connectivity index (χ0n) is 42.1. The average molecular weight is 936 g/mol. The van der Waals surface area contributed by atoms with Gasteiger partial charge in [0.05, 0.1) is 25.4 Å². The molecule has 6 N–H and O–H groups in total. The first-order valence-electron chi connectivity index (χ1n) is 26.6. The zero-order chi connectivity index (χ0) is 48.7. The van der Waals surface area contributed by atoms with Gasteiger partial charge in [0, 0.05) is 6.42 Å². The van der Waals surface area contributed by atoms with E-state index in [-0.39, 0.29) is 12.5 Å². The van der Waals surface area contributed by atoms with Gasteiger partial charge in [-0.25, -0.2) is 0 Å². The van der Waals surface area contributed by atoms with Crippen LogP contribution in [0.2, 0.25) is 0 Å². The van der Waals surface area contributed by atoms with Crippen molar-refractivity contribution in [1.82, 2.24) is 5.32 Å². The number of aliphatic hydroxyl groups is 5. The van der Waals surface area contributed by atoms with E-state index in [1.54, 1.807) is 6.08 Å². The molecule has 1 amide bonds. The fraction of sp³-hybridized carbons (Fsp3) is 0.672. The van der Waals surface area contributed by atoms with E-state index >= 15 is 0 Å². The second-order valence-corrected chi connectivity index (χ2v) is 17.9. The molecule has 0 aromatic rings. The van der Waals surface area contributed by atoms with Crippen LogP contribution in [-0.4, -0.2) is 87.5 Å². The second-order valence-electron chi connectivity index (χ2n) is 17.9. The van der Waals surface area contributed by atoms with Crippen molar-refractivity contribution in [3.8, 4) is 0 Å². The van der Waals surface area contributed by atoms with Crippen LogP contribution in [0.25, 0.3) is 0 Å². The Bertz CT molecular complexity index is 1410. The van der Waals surface area contributed by atoms with Crippen molar-refractivity contribution in [3.05, 3.63) is 109 Å². The number of nitrogens with one attached hydrogen (secondary N) is 1. The lowest BCUT2D eigenvalue weighted by atomic mass is 9.99. The van der Waals surface area contributed by atoms with Crippen molar-refractivity contribution in [2.75, 3.05) is 13.2 Å². The predicted molar refractivity (Wildman–Crippen MR) is 281 cm³/mol. The lowest BCUT2D eigenvalue weighted by molar-refractivity contribution is -0.302. The molecule has 1 saturated heterocycles. The number of allylic oxidation sites excluding steroid dienone is 17. The van der Waals surface area contributed by atoms with Crippen molar-refractivity contribution in [2.24, 2.45) is 0 Å². The van der Waals surface area contributed by atoms with Crippen molar-refractivity contribution >= 4 is 5.91 Å². The number of aliphatic hydroxyl groups excluding tert-OH is 5. The molecule has 7 unspecified atom stereocenters. The van der Waals surface area contributed by atoms with Crippen molar-refractivity contribution in [3.63, 3.8) is 0 Å². The van der Waals surface area contributed by atoms with Crippen LogP contribution >= 0.6 is 0 Å². The third-order valence-electron chi connectivity index (χ3n) is 11.8. The minimum Gasteiger partial charge on any atom is -0.394 e. The topological polar surface area (TPSA) is 149 Å². The molecule has 1 heterocycles. The molecule has 9 nitrogen and oxygen atoms in total. The molecule has 7 atom stereocenters. The first-order chi connectivity index (χ1) is 32.8. The summed E-state index contributed by atoms with van der Waals surface area (Å²) in [7, 11) is 0. The summed E-state index contributed by atoms with van der Waals surface area (Å²) in [5, 5.41) is 54.2. The number of unbranched alkanes of at least 4 members (excludes halogenated alkanes) is 17. The quantitative estimate of drug-likeness (QED) is 0.0261. The maximum atomic E-state index is 13.0. The van der Waals surface area contributed by atoms with Crippen molar-refractivity contribution in [2.45, 2.75) is 236 Å². The third kappa shape index (κ3) is 36.5. The third-order valence-corrected chi connectivity index (χ3v) is 11.8. The molecule has 0 aromatic heterocycles. The zero-order valence-corrected chi connectivity index (χ0v) is 42.1. The Balaban J connectivity index is 2.18. The summed E-state index contributed by atoms with van der Waals surface area (Å²) in [5.74, 6) is -0.197. The summed E-state index contributed by atoms with van der Waals surface area (Å²) in [6.07, 6.45) is 61.5. The van der Waals surface area contributed by atoms with E-state index in [2.05, 4.69) is 116 Å². The number of carbonyl (C=O) groups excluding carboxylic acids is 1. The largest absolute Gasteiger partial charge is 0.394 e. The van der Waals surface area contributed by atoms with Crippen LogP contribution in [0.3, 0.4) is 0 Å². The van der Waals surface area contributed by atoms with Gasteiger partial charge in [0.25, 0.3) is 0 Å². The Morgan fingerprint density at radius 2 is 0.940 bits per heavy atom. The molecule has 1 aliphatic rings. The standard InChI is InChI=1S/C58H97NO8/c1-3-5-7-9-11-13-15-16-17-18-19-20-21-22-23-24-25-26-27-28-29-30-31-32-33-34-35-36-38-40-42-44-46-48-54(62)59-51(50-66-58-57(65)56(64)55(63)53(49-60)67-58)52(61)47-45-43-41-39-37-14-12-10-8-6-4-2/h5,7,11,13,16-17,19-20,22-23,25-26,28-29,37,39,45,47,51-53,55-58,60-61,63-65H,3-4,6,8-10,12,14-15,18,21,24,27,30-36,38,40-44,46,48-50H2,1-2H3,(H,59,62)/b7-5-,13-11-,17-16-,20-19-,23-22-,26-25-,29-28-,39-37+,47-45+. The molecular weight excluding hydrogens is 839 g/mol. The molecule has 1 fully saturated rings. The summed E-state index contributed by atoms with van der Waals surface area (Å²) in [4.78, 5) is 13.0. The predicted octanol–water partition coefficient (Wildman–Crippen LogP) is 12.6. The SMILES string of the molecule is CC/C=C\C/C=C\C/C=C\C/C=C\C/C=C\C/C=C\C/C=C\CCCCCCCCCCCCCC(=O)NC(COC1OC(CO)C(O)C(O)C1O)C(O)/C=C/CC/C=C/CCCCCCC. The van der Waals surface area contributed by atoms with E-state index in [1.165, 1.54) is 77.0 Å². The lowest BCUT2D eigenvalue weighted by Gasteiger charge is -2.40. The number of hydrogen-bond donors (Lipinski definition) is 6. The van der Waals surface area contributed by atoms with Gasteiger partial charge in [0.2, 0.25) is 5.91 Å². The van der Waals surface area contributed by atoms with E-state index in [0.717, 1.165) is 96.3 Å². The number of rotatable bonds is 43. The van der Waals surface area contributed by atoms with Gasteiger partial charge in [-0.05, 0) is 89.9 Å². The van der Waals surface area contributed by atoms with E-state index < -0.39 is 49.5 Å². The first kappa shape index (κ1) is 61.9. The fourth-order valence-electron chi connectivity index (χ4n) is 7.62. The molecular formula is C58H97NO8. The molecule has 382 valence electrons. The van der Waals surface area contributed by atoms with E-state index in [4.69, 9.17) is 9.47 Å². The number of amides is 1. The van der Waals surface area contributed by atoms with E-state index in [1.807, 2.05) is 6.08 Å². The van der Waals surface area contributed by atoms with Crippen LogP contribution in [0.5, 0.6) is 0 Å². The second kappa shape index (κ2) is 46.6. The van der Waals surface area contributed by atoms with E-state index in [9.17, 15) is 30.3 Å². The molecule has 0 spiro atoms. The Morgan fingerprint density at radius 3 is 1.43 bits per heavy atom. The molecule has 0 aromatic carbocycles. The molecule has 1 aliphatic heterocycles. The number of hydrogen-bond acceptors (Lipinski definition) is 8. The van der Waals surface area contributed by atoms with Crippen LogP contribution < -0.4 is 5.32 Å². The van der Waals surface area contributed by atoms with Gasteiger partial charge in [-0.15, -0.1) is 0 Å². The van der Waals surface area contributed by atoms with Crippen LogP contribution in [0.15, 0.2) is 109 Å². The highest BCUT2D eigenvalue weighted by molar-refractivity contribution is 5.76. The Kier molecular flexibility index (Phi) is 43.0. The normalized spacial score (nSPS) is 20.6. The Hall–Kier alpha value is -3.15. The van der Waals surface area contributed by atoms with E-state index in [0.29, 0.717) is 6.42 Å². The molecule has 1 rings (SSSR count). The molecule has 0 bridgehead atoms. The molecule has 0 radical (unpaired) electrons. The Morgan fingerprint density at radius 1 is 0.522 bits per heavy atom. The minimum absolute atomic E-state index is 0.197. The molecule has 67 heavy (non-hydrogen) atoms. The van der Waals surface area contributed by atoms with Gasteiger partial charge < -0.3 is 40.3 Å². The minimum atomic E-state index is -1.58. The number of ether oxygens (including phenoxy) is 2. The van der Waals surface area contributed by atoms with Gasteiger partial charge in [-0.1, -0.05) is 207 Å². The van der Waals surface area contributed by atoms with Gasteiger partial charge in [0.1, 0.15) is 24.4 Å². The highest BCUT2D eigenvalue weighted by atomic mass is 16.7. The first-order valence-corrected chi connectivity index (χ1v) is 26.6. The van der Waals surface area contributed by atoms with Crippen molar-refractivity contribution < 1.29 is 39.8 Å². The lowest BCUT2D eigenvalue weighted by Crippen LogP contribution is -2.60. The van der Waals surface area contributed by atoms with Crippen LogP contribution in [0.1, 0.15) is 194 Å². The highest BCUT2D eigenvalue weighted by Gasteiger charge is 2.44. The van der Waals surface area contributed by atoms with Crippen molar-refractivity contribution in [1.29, 1.82) is 0 Å². The van der Waals surface area contributed by atoms with Crippen LogP contribution in [0.4, 0.5) is 0 Å². The number of carbonyl (C=O) groups is 1. The summed E-state index contributed by atoms with van der Waals surface area (Å²) in [5.41, 5.74) is 0. The van der Waals surface area contributed by atoms with Gasteiger partial charge >= 0.3 is 0 Å². The summed E-state index contributed by atoms with van der Waals surface area (Å²) in [6, 6.07) is -0.828. The molecule has 0 saturated carbocycles. The van der Waals surface area contributed by atoms with Crippen LogP contribution in [0, 0.1) is 0 Å². The molecule has 9 heteroatoms. The monoisotopic (exact) mass is 936 g/mol. The summed E-state index contributed by atoms with van der Waals surface area (Å²) >= 11 is 0. The summed E-state index contributed by atoms with van der Waals surface area (Å²) in [6.45, 7) is 3.60. The van der Waals surface area contributed by atoms with Crippen LogP contribution in [-0.2, 0) is 14.3 Å².